The summed E-state index contributed by atoms with van der Waals surface area (Å²) < 4.78 is 5.60. The van der Waals surface area contributed by atoms with Gasteiger partial charge in [-0.15, -0.1) is 5.10 Å². The van der Waals surface area contributed by atoms with Crippen molar-refractivity contribution in [2.45, 2.75) is 25.9 Å². The van der Waals surface area contributed by atoms with Gasteiger partial charge in [-0.2, -0.15) is 0 Å². The summed E-state index contributed by atoms with van der Waals surface area (Å²) >= 11 is 1.07. The maximum Gasteiger partial charge on any atom is 0.271 e. The first-order chi connectivity index (χ1) is 11.1. The zero-order chi connectivity index (χ0) is 16.2. The first-order valence-electron chi connectivity index (χ1n) is 7.64. The van der Waals surface area contributed by atoms with Crippen molar-refractivity contribution >= 4 is 28.0 Å². The number of carbonyl (C=O) groups excluding carboxylic acids is 2. The molecular weight excluding hydrogens is 314 g/mol. The van der Waals surface area contributed by atoms with E-state index in [1.807, 2.05) is 30.0 Å². The summed E-state index contributed by atoms with van der Waals surface area (Å²) in [5, 5.41) is 4.71. The van der Waals surface area contributed by atoms with E-state index >= 15 is 0 Å². The lowest BCUT2D eigenvalue weighted by Crippen LogP contribution is -2.34. The minimum absolute atomic E-state index is 0.0342. The number of hydrogen-bond acceptors (Lipinski definition) is 5. The molecular formula is C16H19N3O3S. The van der Waals surface area contributed by atoms with Crippen LogP contribution in [0.15, 0.2) is 29.4 Å². The van der Waals surface area contributed by atoms with E-state index in [2.05, 4.69) is 10.5 Å². The fourth-order valence-corrected chi connectivity index (χ4v) is 3.46. The van der Waals surface area contributed by atoms with Gasteiger partial charge in [0.25, 0.3) is 5.91 Å². The minimum Gasteiger partial charge on any atom is -0.376 e. The summed E-state index contributed by atoms with van der Waals surface area (Å²) in [7, 11) is 0. The quantitative estimate of drug-likeness (QED) is 0.850. The largest absolute Gasteiger partial charge is 0.376 e. The number of amidine groups is 1. The van der Waals surface area contributed by atoms with Crippen LogP contribution < -0.4 is 5.43 Å². The van der Waals surface area contributed by atoms with Gasteiger partial charge in [0, 0.05) is 18.7 Å². The Labute approximate surface area is 139 Å². The van der Waals surface area contributed by atoms with Crippen molar-refractivity contribution in [3.8, 4) is 0 Å². The summed E-state index contributed by atoms with van der Waals surface area (Å²) in [5.74, 6) is -0.271. The number of benzene rings is 1. The normalized spacial score (nSPS) is 22.8. The van der Waals surface area contributed by atoms with Gasteiger partial charge in [0.2, 0.25) is 5.12 Å². The van der Waals surface area contributed by atoms with Crippen molar-refractivity contribution < 1.29 is 14.3 Å². The molecule has 0 spiro atoms. The zero-order valence-corrected chi connectivity index (χ0v) is 13.8. The topological polar surface area (TPSA) is 71.0 Å². The third-order valence-corrected chi connectivity index (χ3v) is 4.78. The molecule has 1 amide bonds. The van der Waals surface area contributed by atoms with Gasteiger partial charge < -0.3 is 9.64 Å². The molecule has 2 saturated heterocycles. The fraction of sp³-hybridized carbons (Fsp3) is 0.438. The zero-order valence-electron chi connectivity index (χ0n) is 12.9. The predicted octanol–water partition coefficient (Wildman–Crippen LogP) is 1.75. The van der Waals surface area contributed by atoms with Crippen molar-refractivity contribution in [3.63, 3.8) is 0 Å². The van der Waals surface area contributed by atoms with E-state index in [9.17, 15) is 9.59 Å². The molecule has 0 bridgehead atoms. The van der Waals surface area contributed by atoms with E-state index in [4.69, 9.17) is 4.74 Å². The number of aryl methyl sites for hydroxylation is 1. The molecule has 23 heavy (non-hydrogen) atoms. The van der Waals surface area contributed by atoms with Crippen molar-refractivity contribution in [1.29, 1.82) is 0 Å². The van der Waals surface area contributed by atoms with E-state index in [-0.39, 0.29) is 17.1 Å². The highest BCUT2D eigenvalue weighted by molar-refractivity contribution is 8.26. The van der Waals surface area contributed by atoms with Gasteiger partial charge in [0.1, 0.15) is 0 Å². The molecule has 0 saturated carbocycles. The van der Waals surface area contributed by atoms with Crippen LogP contribution in [0.4, 0.5) is 0 Å². The van der Waals surface area contributed by atoms with Gasteiger partial charge in [-0.1, -0.05) is 18.2 Å². The number of hydrogen-bond donors (Lipinski definition) is 1. The molecule has 0 radical (unpaired) electrons. The molecule has 122 valence electrons. The van der Waals surface area contributed by atoms with Crippen LogP contribution in [0.5, 0.6) is 0 Å². The summed E-state index contributed by atoms with van der Waals surface area (Å²) in [6.07, 6.45) is 2.19. The van der Waals surface area contributed by atoms with Crippen LogP contribution in [-0.4, -0.2) is 46.9 Å². The standard InChI is InChI=1S/C16H19N3O3S/c1-11-5-2-3-7-13(11)15(21)17-18-16-19(10-14(20)23-16)9-12-6-4-8-22-12/h2-3,5,7,12H,4,6,8-10H2,1H3,(H,17,21)/b18-16-/t12-/m0/s1. The van der Waals surface area contributed by atoms with Gasteiger partial charge in [-0.25, -0.2) is 5.43 Å². The number of carbonyl (C=O) groups is 2. The van der Waals surface area contributed by atoms with Gasteiger partial charge in [0.15, 0.2) is 5.17 Å². The molecule has 0 aliphatic carbocycles. The van der Waals surface area contributed by atoms with E-state index in [1.54, 1.807) is 6.07 Å². The second-order valence-electron chi connectivity index (χ2n) is 5.64. The molecule has 3 rings (SSSR count). The maximum absolute atomic E-state index is 12.2. The van der Waals surface area contributed by atoms with Crippen LogP contribution in [-0.2, 0) is 9.53 Å². The number of hydrazone groups is 1. The van der Waals surface area contributed by atoms with Crippen LogP contribution in [0.3, 0.4) is 0 Å². The van der Waals surface area contributed by atoms with Gasteiger partial charge in [-0.3, -0.25) is 9.59 Å². The van der Waals surface area contributed by atoms with Crippen molar-refractivity contribution in [2.75, 3.05) is 19.7 Å². The Kier molecular flexibility index (Phi) is 4.97. The Morgan fingerprint density at radius 1 is 1.48 bits per heavy atom. The molecule has 1 atom stereocenters. The monoisotopic (exact) mass is 333 g/mol. The molecule has 1 N–H and O–H groups in total. The first-order valence-corrected chi connectivity index (χ1v) is 8.46. The van der Waals surface area contributed by atoms with Crippen LogP contribution in [0, 0.1) is 6.92 Å². The third kappa shape index (κ3) is 3.92. The molecule has 1 aromatic carbocycles. The van der Waals surface area contributed by atoms with Gasteiger partial charge in [0.05, 0.1) is 12.6 Å². The number of nitrogens with one attached hydrogen (secondary N) is 1. The SMILES string of the molecule is Cc1ccccc1C(=O)N/N=C1\SC(=O)CN1C[C@@H]1CCCO1. The van der Waals surface area contributed by atoms with Crippen LogP contribution in [0.1, 0.15) is 28.8 Å². The Hall–Kier alpha value is -1.86. The number of nitrogens with zero attached hydrogens (tertiary/aromatic N) is 2. The molecule has 0 unspecified atom stereocenters. The fourth-order valence-electron chi connectivity index (χ4n) is 2.68. The Morgan fingerprint density at radius 3 is 3.04 bits per heavy atom. The summed E-state index contributed by atoms with van der Waals surface area (Å²) in [4.78, 5) is 25.8. The number of ether oxygens (including phenoxy) is 1. The molecule has 2 aliphatic rings. The summed E-state index contributed by atoms with van der Waals surface area (Å²) in [5.41, 5.74) is 4.02. The smallest absolute Gasteiger partial charge is 0.271 e. The van der Waals surface area contributed by atoms with E-state index < -0.39 is 0 Å². The molecule has 2 fully saturated rings. The van der Waals surface area contributed by atoms with E-state index in [0.717, 1.165) is 36.8 Å². The van der Waals surface area contributed by atoms with Gasteiger partial charge in [-0.05, 0) is 43.2 Å². The first kappa shape index (κ1) is 16.0. The highest BCUT2D eigenvalue weighted by Gasteiger charge is 2.30. The Morgan fingerprint density at radius 2 is 2.30 bits per heavy atom. The lowest BCUT2D eigenvalue weighted by atomic mass is 10.1. The van der Waals surface area contributed by atoms with Crippen molar-refractivity contribution in [1.82, 2.24) is 10.3 Å². The second-order valence-corrected chi connectivity index (χ2v) is 6.66. The number of rotatable bonds is 4. The molecule has 1 aromatic rings. The van der Waals surface area contributed by atoms with Crippen LogP contribution >= 0.6 is 11.8 Å². The lowest BCUT2D eigenvalue weighted by molar-refractivity contribution is -0.110. The van der Waals surface area contributed by atoms with Crippen LogP contribution in [0.2, 0.25) is 0 Å². The molecule has 2 heterocycles. The van der Waals surface area contributed by atoms with Gasteiger partial charge >= 0.3 is 0 Å². The molecule has 6 nitrogen and oxygen atoms in total. The third-order valence-electron chi connectivity index (χ3n) is 3.89. The molecule has 2 aliphatic heterocycles. The van der Waals surface area contributed by atoms with E-state index in [0.29, 0.717) is 23.8 Å². The number of amides is 1. The average molecular weight is 333 g/mol. The summed E-state index contributed by atoms with van der Waals surface area (Å²) in [6, 6.07) is 7.32. The second kappa shape index (κ2) is 7.14. The average Bonchev–Trinajstić information content (AvgIpc) is 3.15. The Bertz CT molecular complexity index is 641. The Balaban J connectivity index is 1.66. The molecule has 0 aromatic heterocycles. The van der Waals surface area contributed by atoms with Crippen molar-refractivity contribution in [2.24, 2.45) is 5.10 Å². The minimum atomic E-state index is -0.271. The maximum atomic E-state index is 12.2. The van der Waals surface area contributed by atoms with Crippen LogP contribution in [0.25, 0.3) is 0 Å². The highest BCUT2D eigenvalue weighted by Crippen LogP contribution is 2.22. The highest BCUT2D eigenvalue weighted by atomic mass is 32.2. The van der Waals surface area contributed by atoms with Crippen molar-refractivity contribution in [3.05, 3.63) is 35.4 Å². The summed E-state index contributed by atoms with van der Waals surface area (Å²) in [6.45, 7) is 3.59. The van der Waals surface area contributed by atoms with E-state index in [1.165, 1.54) is 0 Å². The predicted molar refractivity (Wildman–Crippen MR) is 89.2 cm³/mol. The lowest BCUT2D eigenvalue weighted by Gasteiger charge is -2.20. The number of thioether (sulfide) groups is 1. The molecule has 7 heteroatoms.